The molecule has 0 spiro atoms. The first kappa shape index (κ1) is 12.6. The molecule has 5 nitrogen and oxygen atoms in total. The van der Waals surface area contributed by atoms with E-state index in [0.29, 0.717) is 4.90 Å². The fourth-order valence-corrected chi connectivity index (χ4v) is 2.26. The van der Waals surface area contributed by atoms with Crippen LogP contribution in [0.1, 0.15) is 18.7 Å². The van der Waals surface area contributed by atoms with E-state index < -0.39 is 9.84 Å². The average molecular weight is 265 g/mol. The van der Waals surface area contributed by atoms with Crippen LogP contribution in [0.15, 0.2) is 41.4 Å². The summed E-state index contributed by atoms with van der Waals surface area (Å²) in [5, 5.41) is 10.0. The van der Waals surface area contributed by atoms with Crippen molar-refractivity contribution >= 4 is 15.5 Å². The van der Waals surface area contributed by atoms with Crippen LogP contribution in [0.5, 0.6) is 0 Å². The predicted octanol–water partition coefficient (Wildman–Crippen LogP) is 1.99. The highest BCUT2D eigenvalue weighted by Gasteiger charge is 2.08. The number of rotatable bonds is 4. The van der Waals surface area contributed by atoms with Gasteiger partial charge in [0.2, 0.25) is 0 Å². The Kier molecular flexibility index (Phi) is 3.38. The van der Waals surface area contributed by atoms with Gasteiger partial charge in [0.05, 0.1) is 16.6 Å². The van der Waals surface area contributed by atoms with E-state index in [1.54, 1.807) is 30.5 Å². The molecular weight excluding hydrogens is 250 g/mol. The minimum absolute atomic E-state index is 0.0802. The van der Waals surface area contributed by atoms with Crippen molar-refractivity contribution in [2.24, 2.45) is 0 Å². The number of nitrogens with one attached hydrogen (secondary N) is 2. The Bertz CT molecular complexity index is 603. The molecule has 0 fully saturated rings. The third kappa shape index (κ3) is 2.89. The van der Waals surface area contributed by atoms with Crippen LogP contribution in [-0.2, 0) is 9.84 Å². The summed E-state index contributed by atoms with van der Waals surface area (Å²) in [5.41, 5.74) is 1.84. The zero-order valence-electron chi connectivity index (χ0n) is 10.2. The topological polar surface area (TPSA) is 74.8 Å². The standard InChI is InChI=1S/C12H15N3O2S/c1-9(12-7-8-13-15-12)14-10-3-5-11(6-4-10)18(2,16)17/h3-9,14H,1-2H3,(H,13,15). The van der Waals surface area contributed by atoms with E-state index >= 15 is 0 Å². The van der Waals surface area contributed by atoms with Gasteiger partial charge in [0.15, 0.2) is 9.84 Å². The van der Waals surface area contributed by atoms with Crippen LogP contribution in [0.2, 0.25) is 0 Å². The van der Waals surface area contributed by atoms with Crippen molar-refractivity contribution in [3.8, 4) is 0 Å². The minimum atomic E-state index is -3.14. The van der Waals surface area contributed by atoms with Gasteiger partial charge < -0.3 is 5.32 Å². The van der Waals surface area contributed by atoms with E-state index in [0.717, 1.165) is 11.4 Å². The number of hydrogen-bond donors (Lipinski definition) is 2. The number of aromatic nitrogens is 2. The summed E-state index contributed by atoms with van der Waals surface area (Å²) in [4.78, 5) is 0.322. The number of aromatic amines is 1. The maximum absolute atomic E-state index is 11.3. The maximum Gasteiger partial charge on any atom is 0.175 e. The van der Waals surface area contributed by atoms with Gasteiger partial charge in [0.25, 0.3) is 0 Å². The summed E-state index contributed by atoms with van der Waals surface area (Å²) in [6.07, 6.45) is 2.89. The maximum atomic E-state index is 11.3. The van der Waals surface area contributed by atoms with Gasteiger partial charge in [0, 0.05) is 18.1 Å². The van der Waals surface area contributed by atoms with Gasteiger partial charge in [0.1, 0.15) is 0 Å². The molecular formula is C12H15N3O2S. The first-order valence-corrected chi connectivity index (χ1v) is 7.42. The Morgan fingerprint density at radius 2 is 1.89 bits per heavy atom. The molecule has 1 heterocycles. The summed E-state index contributed by atoms with van der Waals surface area (Å²) in [6.45, 7) is 2.00. The summed E-state index contributed by atoms with van der Waals surface area (Å²) >= 11 is 0. The van der Waals surface area contributed by atoms with Crippen molar-refractivity contribution in [2.45, 2.75) is 17.9 Å². The highest BCUT2D eigenvalue weighted by molar-refractivity contribution is 7.90. The number of benzene rings is 1. The molecule has 0 radical (unpaired) electrons. The van der Waals surface area contributed by atoms with Crippen molar-refractivity contribution in [2.75, 3.05) is 11.6 Å². The fraction of sp³-hybridized carbons (Fsp3) is 0.250. The van der Waals surface area contributed by atoms with Crippen LogP contribution >= 0.6 is 0 Å². The van der Waals surface area contributed by atoms with Crippen molar-refractivity contribution < 1.29 is 8.42 Å². The summed E-state index contributed by atoms with van der Waals surface area (Å²) in [5.74, 6) is 0. The molecule has 0 aliphatic rings. The quantitative estimate of drug-likeness (QED) is 0.886. The normalized spacial score (nSPS) is 13.2. The van der Waals surface area contributed by atoms with Crippen molar-refractivity contribution in [3.63, 3.8) is 0 Å². The number of nitrogens with zero attached hydrogens (tertiary/aromatic N) is 1. The molecule has 1 aromatic carbocycles. The van der Waals surface area contributed by atoms with Crippen molar-refractivity contribution in [1.82, 2.24) is 10.2 Å². The summed E-state index contributed by atoms with van der Waals surface area (Å²) < 4.78 is 22.6. The molecule has 0 amide bonds. The molecule has 2 aromatic rings. The van der Waals surface area contributed by atoms with E-state index in [9.17, 15) is 8.42 Å². The lowest BCUT2D eigenvalue weighted by Gasteiger charge is -2.13. The largest absolute Gasteiger partial charge is 0.377 e. The number of sulfone groups is 1. The second-order valence-corrected chi connectivity index (χ2v) is 6.19. The molecule has 1 unspecified atom stereocenters. The van der Waals surface area contributed by atoms with Crippen LogP contribution in [0.25, 0.3) is 0 Å². The van der Waals surface area contributed by atoms with E-state index in [-0.39, 0.29) is 6.04 Å². The number of hydrogen-bond acceptors (Lipinski definition) is 4. The third-order valence-corrected chi connectivity index (χ3v) is 3.78. The number of anilines is 1. The molecule has 18 heavy (non-hydrogen) atoms. The predicted molar refractivity (Wildman–Crippen MR) is 70.2 cm³/mol. The van der Waals surface area contributed by atoms with E-state index in [2.05, 4.69) is 15.5 Å². The summed E-state index contributed by atoms with van der Waals surface area (Å²) in [6, 6.07) is 8.67. The zero-order valence-corrected chi connectivity index (χ0v) is 11.0. The number of H-pyrrole nitrogens is 1. The van der Waals surface area contributed by atoms with Crippen LogP contribution in [0.4, 0.5) is 5.69 Å². The zero-order chi connectivity index (χ0) is 13.2. The van der Waals surface area contributed by atoms with Crippen LogP contribution in [0.3, 0.4) is 0 Å². The van der Waals surface area contributed by atoms with Crippen molar-refractivity contribution in [3.05, 3.63) is 42.2 Å². The van der Waals surface area contributed by atoms with Crippen LogP contribution < -0.4 is 5.32 Å². The van der Waals surface area contributed by atoms with E-state index in [1.165, 1.54) is 6.26 Å². The summed E-state index contributed by atoms with van der Waals surface area (Å²) in [7, 11) is -3.14. The minimum Gasteiger partial charge on any atom is -0.377 e. The molecule has 1 atom stereocenters. The molecule has 0 saturated heterocycles. The SMILES string of the molecule is CC(Nc1ccc(S(C)(=O)=O)cc1)c1ccn[nH]1. The smallest absolute Gasteiger partial charge is 0.175 e. The van der Waals surface area contributed by atoms with Gasteiger partial charge in [-0.1, -0.05) is 0 Å². The highest BCUT2D eigenvalue weighted by Crippen LogP contribution is 2.19. The lowest BCUT2D eigenvalue weighted by Crippen LogP contribution is -2.07. The molecule has 0 saturated carbocycles. The van der Waals surface area contributed by atoms with Gasteiger partial charge in [-0.2, -0.15) is 5.10 Å². The first-order valence-electron chi connectivity index (χ1n) is 5.53. The van der Waals surface area contributed by atoms with Gasteiger partial charge in [-0.25, -0.2) is 8.42 Å². The third-order valence-electron chi connectivity index (χ3n) is 2.65. The van der Waals surface area contributed by atoms with Gasteiger partial charge in [-0.05, 0) is 37.3 Å². The lowest BCUT2D eigenvalue weighted by atomic mass is 10.2. The van der Waals surface area contributed by atoms with Crippen LogP contribution in [-0.4, -0.2) is 24.9 Å². The molecule has 1 aromatic heterocycles. The highest BCUT2D eigenvalue weighted by atomic mass is 32.2. The average Bonchev–Trinajstić information content (AvgIpc) is 2.82. The molecule has 2 rings (SSSR count). The van der Waals surface area contributed by atoms with Gasteiger partial charge >= 0.3 is 0 Å². The molecule has 2 N–H and O–H groups in total. The Hall–Kier alpha value is -1.82. The Morgan fingerprint density at radius 1 is 1.22 bits per heavy atom. The van der Waals surface area contributed by atoms with E-state index in [1.807, 2.05) is 13.0 Å². The molecule has 0 aliphatic heterocycles. The molecule has 6 heteroatoms. The second-order valence-electron chi connectivity index (χ2n) is 4.17. The van der Waals surface area contributed by atoms with Gasteiger partial charge in [-0.15, -0.1) is 0 Å². The Labute approximate surface area is 106 Å². The first-order chi connectivity index (χ1) is 8.47. The monoisotopic (exact) mass is 265 g/mol. The Balaban J connectivity index is 2.12. The fourth-order valence-electron chi connectivity index (χ4n) is 1.63. The van der Waals surface area contributed by atoms with E-state index in [4.69, 9.17) is 0 Å². The van der Waals surface area contributed by atoms with Gasteiger partial charge in [-0.3, -0.25) is 5.10 Å². The molecule has 96 valence electrons. The second kappa shape index (κ2) is 4.81. The van der Waals surface area contributed by atoms with Crippen molar-refractivity contribution in [1.29, 1.82) is 0 Å². The van der Waals surface area contributed by atoms with Crippen LogP contribution in [0, 0.1) is 0 Å². The lowest BCUT2D eigenvalue weighted by molar-refractivity contribution is 0.602. The molecule has 0 bridgehead atoms. The molecule has 0 aliphatic carbocycles. The Morgan fingerprint density at radius 3 is 2.39 bits per heavy atom.